The number of amides is 1. The van der Waals surface area contributed by atoms with Gasteiger partial charge in [0.1, 0.15) is 17.1 Å². The summed E-state index contributed by atoms with van der Waals surface area (Å²) in [6.07, 6.45) is 2.74. The van der Waals surface area contributed by atoms with E-state index >= 15 is 0 Å². The normalized spacial score (nSPS) is 11.0. The maximum Gasteiger partial charge on any atom is 0.251 e. The number of nitrogens with zero attached hydrogens (tertiary/aromatic N) is 4. The number of hydrogen-bond acceptors (Lipinski definition) is 7. The molecule has 3 heterocycles. The lowest BCUT2D eigenvalue weighted by Crippen LogP contribution is -2.25. The molecule has 0 bridgehead atoms. The molecule has 0 fully saturated rings. The Bertz CT molecular complexity index is 1920. The molecule has 0 aliphatic rings. The van der Waals surface area contributed by atoms with E-state index in [0.29, 0.717) is 53.2 Å². The predicted octanol–water partition coefficient (Wildman–Crippen LogP) is 5.22. The lowest BCUT2D eigenvalue weighted by Gasteiger charge is -2.12. The smallest absolute Gasteiger partial charge is 0.251 e. The van der Waals surface area contributed by atoms with Gasteiger partial charge in [-0.15, -0.1) is 0 Å². The van der Waals surface area contributed by atoms with Crippen LogP contribution >= 0.6 is 0 Å². The van der Waals surface area contributed by atoms with Gasteiger partial charge in [-0.2, -0.15) is 0 Å². The van der Waals surface area contributed by atoms with Crippen LogP contribution in [-0.4, -0.2) is 43.4 Å². The van der Waals surface area contributed by atoms with Crippen molar-refractivity contribution in [2.45, 2.75) is 6.42 Å². The van der Waals surface area contributed by atoms with E-state index in [9.17, 15) is 14.7 Å². The number of imidazole rings is 1. The first-order chi connectivity index (χ1) is 20.5. The molecule has 3 aromatic carbocycles. The van der Waals surface area contributed by atoms with Crippen LogP contribution in [0.2, 0.25) is 0 Å². The fourth-order valence-electron chi connectivity index (χ4n) is 4.79. The highest BCUT2D eigenvalue weighted by molar-refractivity contribution is 5.94. The predicted molar refractivity (Wildman–Crippen MR) is 161 cm³/mol. The van der Waals surface area contributed by atoms with E-state index in [2.05, 4.69) is 10.3 Å². The second-order valence-corrected chi connectivity index (χ2v) is 9.68. The maximum atomic E-state index is 12.9. The van der Waals surface area contributed by atoms with Crippen LogP contribution in [0.25, 0.3) is 39.5 Å². The first kappa shape index (κ1) is 26.4. The molecule has 0 spiro atoms. The van der Waals surface area contributed by atoms with Gasteiger partial charge in [-0.1, -0.05) is 36.4 Å². The number of carbonyl (C=O) groups excluding carboxylic acids is 2. The lowest BCUT2D eigenvalue weighted by atomic mass is 10.1. The van der Waals surface area contributed by atoms with Crippen LogP contribution in [0.3, 0.4) is 0 Å². The minimum atomic E-state index is -0.230. The zero-order valence-electron chi connectivity index (χ0n) is 22.4. The van der Waals surface area contributed by atoms with Gasteiger partial charge in [0.05, 0.1) is 16.8 Å². The van der Waals surface area contributed by atoms with Crippen molar-refractivity contribution in [3.8, 4) is 34.1 Å². The van der Waals surface area contributed by atoms with Crippen LogP contribution in [0.15, 0.2) is 103 Å². The number of fused-ring (bicyclic) bond motifs is 1. The average Bonchev–Trinajstić information content (AvgIpc) is 3.40. The van der Waals surface area contributed by atoms with Crippen molar-refractivity contribution >= 4 is 29.2 Å². The fraction of sp³-hybridized carbons (Fsp3) is 0.0606. The molecule has 0 saturated carbocycles. The van der Waals surface area contributed by atoms with Crippen LogP contribution in [0.4, 0.5) is 5.82 Å². The van der Waals surface area contributed by atoms with Crippen molar-refractivity contribution in [2.75, 3.05) is 12.3 Å². The molecule has 0 radical (unpaired) electrons. The first-order valence-electron chi connectivity index (χ1n) is 13.3. The standard InChI is InChI=1S/C33H26N6O3/c34-30-26(7-4-17-35-30)31-38-28-15-14-27(22-5-2-1-3-6-22)37-32(28)39(31)25-12-10-23(11-13-25)33(42)36-18-16-21-8-9-24(20-40)29(41)19-21/h1-15,17,19-20,41H,16,18H2,(H2,34,35)(H,36,42). The molecule has 42 heavy (non-hydrogen) atoms. The number of aldehydes is 1. The number of carbonyl (C=O) groups is 2. The second-order valence-electron chi connectivity index (χ2n) is 9.68. The van der Waals surface area contributed by atoms with Gasteiger partial charge in [-0.3, -0.25) is 14.2 Å². The van der Waals surface area contributed by atoms with Crippen molar-refractivity contribution in [1.82, 2.24) is 24.8 Å². The number of anilines is 1. The number of phenols is 1. The largest absolute Gasteiger partial charge is 0.507 e. The second kappa shape index (κ2) is 11.3. The number of nitrogens with two attached hydrogens (primary N) is 1. The molecule has 0 saturated heterocycles. The number of benzene rings is 3. The third kappa shape index (κ3) is 5.18. The van der Waals surface area contributed by atoms with Crippen LogP contribution < -0.4 is 11.1 Å². The Hall–Kier alpha value is -5.83. The van der Waals surface area contributed by atoms with E-state index in [0.717, 1.165) is 22.5 Å². The number of phenolic OH excluding ortho intramolecular Hbond substituents is 1. The number of aromatic hydroxyl groups is 1. The molecule has 9 heteroatoms. The summed E-state index contributed by atoms with van der Waals surface area (Å²) < 4.78 is 1.92. The molecular formula is C33H26N6O3. The number of nitrogens with one attached hydrogen (secondary N) is 1. The summed E-state index contributed by atoms with van der Waals surface area (Å²) in [6, 6.07) is 29.5. The van der Waals surface area contributed by atoms with E-state index in [-0.39, 0.29) is 17.2 Å². The Labute approximate surface area is 241 Å². The number of hydrogen-bond donors (Lipinski definition) is 3. The Morgan fingerprint density at radius 1 is 0.929 bits per heavy atom. The van der Waals surface area contributed by atoms with E-state index in [1.807, 2.05) is 71.3 Å². The molecule has 1 amide bonds. The molecule has 4 N–H and O–H groups in total. The van der Waals surface area contributed by atoms with Gasteiger partial charge >= 0.3 is 0 Å². The molecule has 0 unspecified atom stereocenters. The highest BCUT2D eigenvalue weighted by Gasteiger charge is 2.19. The van der Waals surface area contributed by atoms with Gasteiger partial charge in [0.2, 0.25) is 0 Å². The molecule has 0 aliphatic carbocycles. The third-order valence-electron chi connectivity index (χ3n) is 6.96. The Morgan fingerprint density at radius 2 is 1.74 bits per heavy atom. The SMILES string of the molecule is Nc1ncccc1-c1nc2ccc(-c3ccccc3)nc2n1-c1ccc(C(=O)NCCc2ccc(C=O)c(O)c2)cc1. The van der Waals surface area contributed by atoms with Gasteiger partial charge in [-0.05, 0) is 72.6 Å². The summed E-state index contributed by atoms with van der Waals surface area (Å²) in [7, 11) is 0. The van der Waals surface area contributed by atoms with E-state index in [4.69, 9.17) is 15.7 Å². The quantitative estimate of drug-likeness (QED) is 0.219. The first-order valence-corrected chi connectivity index (χ1v) is 13.3. The molecule has 0 atom stereocenters. The highest BCUT2D eigenvalue weighted by atomic mass is 16.3. The lowest BCUT2D eigenvalue weighted by molar-refractivity contribution is 0.0954. The summed E-state index contributed by atoms with van der Waals surface area (Å²) in [4.78, 5) is 37.9. The Kier molecular flexibility index (Phi) is 7.13. The summed E-state index contributed by atoms with van der Waals surface area (Å²) in [6.45, 7) is 0.364. The zero-order chi connectivity index (χ0) is 29.1. The van der Waals surface area contributed by atoms with E-state index in [1.54, 1.807) is 30.5 Å². The summed E-state index contributed by atoms with van der Waals surface area (Å²) in [5.74, 6) is 0.637. The highest BCUT2D eigenvalue weighted by Crippen LogP contribution is 2.31. The van der Waals surface area contributed by atoms with Gasteiger partial charge < -0.3 is 16.2 Å². The Morgan fingerprint density at radius 3 is 2.48 bits per heavy atom. The number of nitrogen functional groups attached to an aromatic ring is 1. The van der Waals surface area contributed by atoms with Gasteiger partial charge in [0.15, 0.2) is 17.8 Å². The average molecular weight is 555 g/mol. The van der Waals surface area contributed by atoms with Gasteiger partial charge in [0, 0.05) is 29.6 Å². The topological polar surface area (TPSA) is 136 Å². The summed E-state index contributed by atoms with van der Waals surface area (Å²) in [5, 5.41) is 12.8. The monoisotopic (exact) mass is 554 g/mol. The van der Waals surface area contributed by atoms with Crippen LogP contribution in [0, 0.1) is 0 Å². The van der Waals surface area contributed by atoms with Gasteiger partial charge in [0.25, 0.3) is 5.91 Å². The Balaban J connectivity index is 1.30. The summed E-state index contributed by atoms with van der Waals surface area (Å²) in [5.41, 5.74) is 12.3. The van der Waals surface area contributed by atoms with Crippen LogP contribution in [0.1, 0.15) is 26.3 Å². The van der Waals surface area contributed by atoms with Crippen molar-refractivity contribution < 1.29 is 14.7 Å². The van der Waals surface area contributed by atoms with Crippen LogP contribution in [0.5, 0.6) is 5.75 Å². The van der Waals surface area contributed by atoms with Crippen molar-refractivity contribution in [1.29, 1.82) is 0 Å². The maximum absolute atomic E-state index is 12.9. The minimum absolute atomic E-state index is 0.0748. The minimum Gasteiger partial charge on any atom is -0.507 e. The fourth-order valence-corrected chi connectivity index (χ4v) is 4.79. The van der Waals surface area contributed by atoms with Crippen molar-refractivity contribution in [3.63, 3.8) is 0 Å². The third-order valence-corrected chi connectivity index (χ3v) is 6.96. The van der Waals surface area contributed by atoms with Gasteiger partial charge in [-0.25, -0.2) is 15.0 Å². The molecule has 3 aromatic heterocycles. The van der Waals surface area contributed by atoms with Crippen LogP contribution in [-0.2, 0) is 6.42 Å². The molecule has 9 nitrogen and oxygen atoms in total. The molecular weight excluding hydrogens is 528 g/mol. The molecule has 6 aromatic rings. The number of rotatable bonds is 8. The number of pyridine rings is 2. The molecule has 206 valence electrons. The van der Waals surface area contributed by atoms with Crippen molar-refractivity contribution in [2.24, 2.45) is 0 Å². The molecule has 0 aliphatic heterocycles. The van der Waals surface area contributed by atoms with E-state index < -0.39 is 0 Å². The molecule has 6 rings (SSSR count). The zero-order valence-corrected chi connectivity index (χ0v) is 22.4. The summed E-state index contributed by atoms with van der Waals surface area (Å²) >= 11 is 0. The number of aromatic nitrogens is 4. The van der Waals surface area contributed by atoms with Crippen molar-refractivity contribution in [3.05, 3.63) is 120 Å². The van der Waals surface area contributed by atoms with E-state index in [1.165, 1.54) is 6.07 Å².